The van der Waals surface area contributed by atoms with Gasteiger partial charge in [-0.05, 0) is 48.1 Å². The van der Waals surface area contributed by atoms with E-state index in [0.29, 0.717) is 43.1 Å². The number of rotatable bonds is 10. The SMILES string of the molecule is O=C(O)CCCOc1cccc(Cc2nc3c(Cc4ccccc4)[nH]c(C4=CCCC=C4)cn-3c2=O)c1. The van der Waals surface area contributed by atoms with Gasteiger partial charge in [0, 0.05) is 25.5 Å². The summed E-state index contributed by atoms with van der Waals surface area (Å²) in [6.45, 7) is 0.322. The summed E-state index contributed by atoms with van der Waals surface area (Å²) in [5, 5.41) is 8.80. The fraction of sp³-hybridized carbons (Fsp3) is 0.233. The highest BCUT2D eigenvalue weighted by molar-refractivity contribution is 5.72. The Morgan fingerprint density at radius 1 is 1.05 bits per heavy atom. The number of aromatic nitrogens is 3. The molecule has 0 atom stereocenters. The minimum atomic E-state index is -0.838. The topological polar surface area (TPSA) is 97.2 Å². The number of fused-ring (bicyclic) bond motifs is 1. The molecule has 2 aromatic carbocycles. The molecule has 3 aliphatic rings. The summed E-state index contributed by atoms with van der Waals surface area (Å²) in [6, 6.07) is 17.7. The first kappa shape index (κ1) is 24.3. The first-order valence-corrected chi connectivity index (χ1v) is 12.5. The lowest BCUT2D eigenvalue weighted by atomic mass is 10.0. The molecule has 0 fully saturated rings. The fourth-order valence-electron chi connectivity index (χ4n) is 4.53. The molecule has 7 heteroatoms. The summed E-state index contributed by atoms with van der Waals surface area (Å²) in [5.74, 6) is 0.444. The quantitative estimate of drug-likeness (QED) is 0.296. The van der Waals surface area contributed by atoms with E-state index in [1.807, 2.05) is 48.7 Å². The van der Waals surface area contributed by atoms with E-state index in [2.05, 4.69) is 35.3 Å². The highest BCUT2D eigenvalue weighted by Crippen LogP contribution is 2.25. The smallest absolute Gasteiger partial charge is 0.303 e. The average Bonchev–Trinajstić information content (AvgIpc) is 3.23. The van der Waals surface area contributed by atoms with Crippen LogP contribution in [0.2, 0.25) is 0 Å². The van der Waals surface area contributed by atoms with Crippen molar-refractivity contribution >= 4 is 11.5 Å². The molecular weight excluding hydrogens is 466 g/mol. The van der Waals surface area contributed by atoms with Crippen molar-refractivity contribution in [2.45, 2.75) is 38.5 Å². The van der Waals surface area contributed by atoms with Crippen molar-refractivity contribution in [2.75, 3.05) is 6.61 Å². The highest BCUT2D eigenvalue weighted by Gasteiger charge is 2.21. The average molecular weight is 496 g/mol. The van der Waals surface area contributed by atoms with E-state index in [1.165, 1.54) is 0 Å². The molecule has 2 heterocycles. The third kappa shape index (κ3) is 5.89. The number of carboxylic acids is 1. The van der Waals surface area contributed by atoms with Gasteiger partial charge in [-0.1, -0.05) is 60.7 Å². The fourth-order valence-corrected chi connectivity index (χ4v) is 4.53. The van der Waals surface area contributed by atoms with E-state index in [4.69, 9.17) is 14.8 Å². The number of carboxylic acid groups (broad SMARTS) is 1. The van der Waals surface area contributed by atoms with Crippen molar-refractivity contribution in [3.05, 3.63) is 118 Å². The van der Waals surface area contributed by atoms with E-state index in [-0.39, 0.29) is 12.0 Å². The Morgan fingerprint density at radius 2 is 1.89 bits per heavy atom. The van der Waals surface area contributed by atoms with Crippen LogP contribution >= 0.6 is 0 Å². The number of aliphatic carboxylic acids is 1. The second kappa shape index (κ2) is 11.1. The van der Waals surface area contributed by atoms with Gasteiger partial charge >= 0.3 is 5.97 Å². The number of allylic oxidation sites excluding steroid dienone is 4. The number of benzene rings is 2. The lowest BCUT2D eigenvalue weighted by molar-refractivity contribution is -0.137. The Labute approximate surface area is 215 Å². The minimum Gasteiger partial charge on any atom is -0.494 e. The van der Waals surface area contributed by atoms with Crippen molar-refractivity contribution in [2.24, 2.45) is 0 Å². The third-order valence-electron chi connectivity index (χ3n) is 6.35. The Bertz CT molecular complexity index is 1480. The van der Waals surface area contributed by atoms with Crippen LogP contribution in [0, 0.1) is 0 Å². The van der Waals surface area contributed by atoms with Crippen LogP contribution in [-0.2, 0) is 17.6 Å². The number of hydrogen-bond acceptors (Lipinski definition) is 4. The monoisotopic (exact) mass is 495 g/mol. The lowest BCUT2D eigenvalue weighted by Crippen LogP contribution is -2.18. The van der Waals surface area contributed by atoms with Crippen molar-refractivity contribution in [3.63, 3.8) is 0 Å². The molecule has 2 N–H and O–H groups in total. The molecule has 0 saturated heterocycles. The second-order valence-electron chi connectivity index (χ2n) is 9.18. The lowest BCUT2D eigenvalue weighted by Gasteiger charge is -2.15. The third-order valence-corrected chi connectivity index (χ3v) is 6.35. The molecule has 0 amide bonds. The maximum Gasteiger partial charge on any atom is 0.303 e. The van der Waals surface area contributed by atoms with Crippen molar-refractivity contribution in [1.82, 2.24) is 14.5 Å². The van der Waals surface area contributed by atoms with Crippen LogP contribution in [0.5, 0.6) is 5.75 Å². The summed E-state index contributed by atoms with van der Waals surface area (Å²) in [6.07, 6.45) is 11.8. The molecule has 2 aliphatic heterocycles. The second-order valence-corrected chi connectivity index (χ2v) is 9.18. The summed E-state index contributed by atoms with van der Waals surface area (Å²) in [7, 11) is 0. The molecule has 2 aromatic rings. The molecule has 0 bridgehead atoms. The van der Waals surface area contributed by atoms with Crippen LogP contribution in [0.4, 0.5) is 0 Å². The number of aromatic amines is 1. The largest absolute Gasteiger partial charge is 0.494 e. The van der Waals surface area contributed by atoms with E-state index in [1.54, 1.807) is 4.57 Å². The Kier molecular flexibility index (Phi) is 7.31. The number of H-pyrrole nitrogens is 1. The van der Waals surface area contributed by atoms with Gasteiger partial charge in [-0.25, -0.2) is 4.98 Å². The number of nitrogens with one attached hydrogen (secondary N) is 1. The molecule has 0 aromatic heterocycles. The van der Waals surface area contributed by atoms with Crippen LogP contribution in [-0.4, -0.2) is 32.2 Å². The number of carbonyl (C=O) groups is 1. The van der Waals surface area contributed by atoms with Gasteiger partial charge in [0.2, 0.25) is 0 Å². The maximum atomic E-state index is 13.5. The molecule has 0 radical (unpaired) electrons. The normalized spacial score (nSPS) is 13.0. The number of nitrogens with zero attached hydrogens (tertiary/aromatic N) is 2. The number of ether oxygens (including phenoxy) is 1. The Balaban J connectivity index is 1.46. The summed E-state index contributed by atoms with van der Waals surface area (Å²) < 4.78 is 7.37. The molecule has 37 heavy (non-hydrogen) atoms. The van der Waals surface area contributed by atoms with Gasteiger partial charge in [0.05, 0.1) is 18.0 Å². The first-order valence-electron chi connectivity index (χ1n) is 12.5. The van der Waals surface area contributed by atoms with Crippen LogP contribution in [0.3, 0.4) is 0 Å². The van der Waals surface area contributed by atoms with Crippen LogP contribution in [0.15, 0.2) is 83.8 Å². The maximum absolute atomic E-state index is 13.5. The zero-order chi connectivity index (χ0) is 25.6. The van der Waals surface area contributed by atoms with E-state index < -0.39 is 5.97 Å². The van der Waals surface area contributed by atoms with Crippen LogP contribution < -0.4 is 10.3 Å². The zero-order valence-corrected chi connectivity index (χ0v) is 20.5. The van der Waals surface area contributed by atoms with Crippen molar-refractivity contribution in [3.8, 4) is 11.6 Å². The predicted molar refractivity (Wildman–Crippen MR) is 143 cm³/mol. The number of hydrogen-bond donors (Lipinski definition) is 2. The molecule has 7 nitrogen and oxygen atoms in total. The van der Waals surface area contributed by atoms with Crippen molar-refractivity contribution in [1.29, 1.82) is 0 Å². The zero-order valence-electron chi connectivity index (χ0n) is 20.5. The molecule has 188 valence electrons. The Hall–Kier alpha value is -4.39. The van der Waals surface area contributed by atoms with E-state index >= 15 is 0 Å². The summed E-state index contributed by atoms with van der Waals surface area (Å²) in [4.78, 5) is 32.5. The Morgan fingerprint density at radius 3 is 2.68 bits per heavy atom. The molecular formula is C30H29N3O4. The summed E-state index contributed by atoms with van der Waals surface area (Å²) in [5.41, 5.74) is 5.24. The van der Waals surface area contributed by atoms with Gasteiger partial charge in [-0.2, -0.15) is 0 Å². The van der Waals surface area contributed by atoms with Gasteiger partial charge in [0.25, 0.3) is 5.56 Å². The molecule has 1 aliphatic carbocycles. The van der Waals surface area contributed by atoms with Gasteiger partial charge < -0.3 is 14.8 Å². The number of imidazole rings is 1. The molecule has 5 rings (SSSR count). The van der Waals surface area contributed by atoms with Gasteiger partial charge in [-0.3, -0.25) is 14.2 Å². The first-order chi connectivity index (χ1) is 18.1. The van der Waals surface area contributed by atoms with E-state index in [9.17, 15) is 9.59 Å². The van der Waals surface area contributed by atoms with Crippen LogP contribution in [0.1, 0.15) is 53.9 Å². The predicted octanol–water partition coefficient (Wildman–Crippen LogP) is 5.16. The standard InChI is InChI=1S/C30H29N3O4/c34-28(35)15-8-16-37-24-14-7-11-22(17-24)19-26-30(36)33-20-27(23-12-5-2-6-13-23)31-25(29(33)32-26)18-21-9-3-1-4-10-21/h1,3-5,7,9-14,17,20,31H,2,6,8,15-16,18-19H2,(H,34,35). The molecule has 0 unspecified atom stereocenters. The van der Waals surface area contributed by atoms with Gasteiger partial charge in [0.1, 0.15) is 11.4 Å². The summed E-state index contributed by atoms with van der Waals surface area (Å²) >= 11 is 0. The minimum absolute atomic E-state index is 0.0670. The molecule has 0 spiro atoms. The molecule has 0 saturated carbocycles. The van der Waals surface area contributed by atoms with Gasteiger partial charge in [0.15, 0.2) is 5.82 Å². The van der Waals surface area contributed by atoms with Crippen LogP contribution in [0.25, 0.3) is 11.4 Å². The van der Waals surface area contributed by atoms with Gasteiger partial charge in [-0.15, -0.1) is 0 Å². The highest BCUT2D eigenvalue weighted by atomic mass is 16.5. The van der Waals surface area contributed by atoms with E-state index in [0.717, 1.165) is 40.9 Å². The van der Waals surface area contributed by atoms with Crippen molar-refractivity contribution < 1.29 is 14.6 Å².